The second-order valence-electron chi connectivity index (χ2n) is 6.84. The Morgan fingerprint density at radius 1 is 1.27 bits per heavy atom. The van der Waals surface area contributed by atoms with Crippen molar-refractivity contribution >= 4 is 18.1 Å². The minimum atomic E-state index is -0.0809. The lowest BCUT2D eigenvalue weighted by molar-refractivity contribution is -0.121. The van der Waals surface area contributed by atoms with E-state index < -0.39 is 0 Å². The molecule has 0 unspecified atom stereocenters. The smallest absolute Gasteiger partial charge is 0.231 e. The predicted octanol–water partition coefficient (Wildman–Crippen LogP) is 3.23. The van der Waals surface area contributed by atoms with Gasteiger partial charge in [-0.2, -0.15) is 5.10 Å². The molecular formula is C21H22N4O4S. The minimum absolute atomic E-state index is 0.0809. The molecule has 3 aromatic rings. The molecule has 0 fully saturated rings. The molecule has 0 spiro atoms. The summed E-state index contributed by atoms with van der Waals surface area (Å²) in [6.45, 7) is 3.43. The molecule has 0 saturated heterocycles. The second-order valence-corrected chi connectivity index (χ2v) is 7.22. The first-order valence-corrected chi connectivity index (χ1v) is 10.0. The Morgan fingerprint density at radius 2 is 2.13 bits per heavy atom. The van der Waals surface area contributed by atoms with Gasteiger partial charge in [0.1, 0.15) is 12.4 Å². The number of amides is 1. The van der Waals surface area contributed by atoms with E-state index in [2.05, 4.69) is 15.5 Å². The highest BCUT2D eigenvalue weighted by molar-refractivity contribution is 7.71. The molecule has 2 heterocycles. The highest BCUT2D eigenvalue weighted by atomic mass is 32.1. The van der Waals surface area contributed by atoms with Gasteiger partial charge in [-0.05, 0) is 37.3 Å². The summed E-state index contributed by atoms with van der Waals surface area (Å²) in [7, 11) is 0. The van der Waals surface area contributed by atoms with Crippen molar-refractivity contribution in [2.45, 2.75) is 19.9 Å². The molecule has 0 bridgehead atoms. The molecule has 156 valence electrons. The Balaban J connectivity index is 1.25. The third-order valence-corrected chi connectivity index (χ3v) is 4.95. The number of hydrogen-bond donors (Lipinski definition) is 2. The van der Waals surface area contributed by atoms with Gasteiger partial charge in [-0.3, -0.25) is 14.5 Å². The van der Waals surface area contributed by atoms with Gasteiger partial charge in [0.2, 0.25) is 12.7 Å². The maximum absolute atomic E-state index is 12.2. The van der Waals surface area contributed by atoms with Crippen LogP contribution in [0, 0.1) is 11.7 Å². The highest BCUT2D eigenvalue weighted by Crippen LogP contribution is 2.34. The van der Waals surface area contributed by atoms with Gasteiger partial charge < -0.3 is 19.5 Å². The van der Waals surface area contributed by atoms with Gasteiger partial charge >= 0.3 is 0 Å². The molecule has 2 aromatic carbocycles. The first-order chi connectivity index (χ1) is 14.6. The fraction of sp³-hybridized carbons (Fsp3) is 0.286. The van der Waals surface area contributed by atoms with E-state index in [0.29, 0.717) is 41.7 Å². The van der Waals surface area contributed by atoms with Crippen LogP contribution in [0.1, 0.15) is 12.0 Å². The lowest BCUT2D eigenvalue weighted by atomic mass is 10.1. The SMILES string of the molecule is Cc1cccc(-c2n[nH]c(=S)n2CCC(=O)NCCOc2ccc3c(c2)OCO3)c1. The molecule has 0 radical (unpaired) electrons. The van der Waals surface area contributed by atoms with Gasteiger partial charge in [0.05, 0.1) is 6.54 Å². The zero-order valence-corrected chi connectivity index (χ0v) is 17.3. The third-order valence-electron chi connectivity index (χ3n) is 4.63. The topological polar surface area (TPSA) is 90.4 Å². The molecule has 0 saturated carbocycles. The molecular weight excluding hydrogens is 404 g/mol. The number of aromatic nitrogens is 3. The number of aromatic amines is 1. The molecule has 9 heteroatoms. The van der Waals surface area contributed by atoms with Gasteiger partial charge in [0, 0.05) is 24.6 Å². The molecule has 8 nitrogen and oxygen atoms in total. The van der Waals surface area contributed by atoms with Crippen molar-refractivity contribution in [1.29, 1.82) is 0 Å². The highest BCUT2D eigenvalue weighted by Gasteiger charge is 2.14. The summed E-state index contributed by atoms with van der Waals surface area (Å²) < 4.78 is 18.6. The summed E-state index contributed by atoms with van der Waals surface area (Å²) >= 11 is 5.33. The average molecular weight is 426 g/mol. The molecule has 1 aliphatic rings. The van der Waals surface area contributed by atoms with Crippen LogP contribution in [0.15, 0.2) is 42.5 Å². The number of nitrogens with zero attached hydrogens (tertiary/aromatic N) is 2. The van der Waals surface area contributed by atoms with Crippen molar-refractivity contribution in [1.82, 2.24) is 20.1 Å². The molecule has 1 amide bonds. The van der Waals surface area contributed by atoms with Gasteiger partial charge in [-0.15, -0.1) is 0 Å². The molecule has 1 aliphatic heterocycles. The lowest BCUT2D eigenvalue weighted by Crippen LogP contribution is -2.28. The number of ether oxygens (including phenoxy) is 3. The lowest BCUT2D eigenvalue weighted by Gasteiger charge is -2.10. The predicted molar refractivity (Wildman–Crippen MR) is 113 cm³/mol. The van der Waals surface area contributed by atoms with Crippen molar-refractivity contribution in [3.63, 3.8) is 0 Å². The fourth-order valence-corrected chi connectivity index (χ4v) is 3.38. The number of benzene rings is 2. The maximum Gasteiger partial charge on any atom is 0.231 e. The van der Waals surface area contributed by atoms with Gasteiger partial charge in [0.25, 0.3) is 0 Å². The van der Waals surface area contributed by atoms with E-state index in [9.17, 15) is 4.79 Å². The second kappa shape index (κ2) is 9.00. The largest absolute Gasteiger partial charge is 0.492 e. The Bertz CT molecular complexity index is 1110. The van der Waals surface area contributed by atoms with Crippen LogP contribution in [-0.4, -0.2) is 40.6 Å². The fourth-order valence-electron chi connectivity index (χ4n) is 3.16. The molecule has 1 aromatic heterocycles. The van der Waals surface area contributed by atoms with Crippen molar-refractivity contribution in [3.8, 4) is 28.6 Å². The number of carbonyl (C=O) groups is 1. The maximum atomic E-state index is 12.2. The minimum Gasteiger partial charge on any atom is -0.492 e. The molecule has 4 rings (SSSR count). The summed E-state index contributed by atoms with van der Waals surface area (Å²) in [5.41, 5.74) is 2.09. The first-order valence-electron chi connectivity index (χ1n) is 9.61. The number of aryl methyl sites for hydroxylation is 1. The van der Waals surface area contributed by atoms with Crippen LogP contribution >= 0.6 is 12.2 Å². The Kier molecular flexibility index (Phi) is 5.99. The third kappa shape index (κ3) is 4.62. The molecule has 2 N–H and O–H groups in total. The Labute approximate surface area is 178 Å². The van der Waals surface area contributed by atoms with Crippen LogP contribution in [0.2, 0.25) is 0 Å². The monoisotopic (exact) mass is 426 g/mol. The summed E-state index contributed by atoms with van der Waals surface area (Å²) in [5, 5.41) is 9.98. The van der Waals surface area contributed by atoms with Crippen molar-refractivity contribution in [2.24, 2.45) is 0 Å². The van der Waals surface area contributed by atoms with Crippen molar-refractivity contribution in [3.05, 3.63) is 52.8 Å². The number of hydrogen-bond acceptors (Lipinski definition) is 6. The van der Waals surface area contributed by atoms with E-state index in [1.54, 1.807) is 12.1 Å². The number of rotatable bonds is 8. The normalized spacial score (nSPS) is 12.0. The number of carbonyl (C=O) groups excluding carboxylic acids is 1. The first kappa shape index (κ1) is 20.0. The number of nitrogens with one attached hydrogen (secondary N) is 2. The Hall–Kier alpha value is -3.33. The summed E-state index contributed by atoms with van der Waals surface area (Å²) in [4.78, 5) is 12.2. The zero-order chi connectivity index (χ0) is 20.9. The van der Waals surface area contributed by atoms with Crippen LogP contribution < -0.4 is 19.5 Å². The molecule has 0 aliphatic carbocycles. The van der Waals surface area contributed by atoms with E-state index in [0.717, 1.165) is 17.0 Å². The van der Waals surface area contributed by atoms with E-state index in [1.165, 1.54) is 0 Å². The summed E-state index contributed by atoms with van der Waals surface area (Å²) in [6.07, 6.45) is 0.288. The van der Waals surface area contributed by atoms with Crippen LogP contribution in [0.25, 0.3) is 11.4 Å². The van der Waals surface area contributed by atoms with E-state index in [1.807, 2.05) is 41.8 Å². The number of H-pyrrole nitrogens is 1. The number of fused-ring (bicyclic) bond motifs is 1. The zero-order valence-electron chi connectivity index (χ0n) is 16.5. The van der Waals surface area contributed by atoms with Crippen molar-refractivity contribution in [2.75, 3.05) is 19.9 Å². The molecule has 30 heavy (non-hydrogen) atoms. The van der Waals surface area contributed by atoms with Gasteiger partial charge in [-0.25, -0.2) is 0 Å². The quantitative estimate of drug-likeness (QED) is 0.425. The standard InChI is InChI=1S/C21H22N4O4S/c1-14-3-2-4-15(11-14)20-23-24-21(30)25(20)9-7-19(26)22-8-10-27-16-5-6-17-18(12-16)29-13-28-17/h2-6,11-12H,7-10,13H2,1H3,(H,22,26)(H,24,30). The van der Waals surface area contributed by atoms with Crippen LogP contribution in [0.4, 0.5) is 0 Å². The van der Waals surface area contributed by atoms with E-state index in [-0.39, 0.29) is 19.1 Å². The van der Waals surface area contributed by atoms with E-state index in [4.69, 9.17) is 26.4 Å². The summed E-state index contributed by atoms with van der Waals surface area (Å²) in [5.74, 6) is 2.68. The average Bonchev–Trinajstić information content (AvgIpc) is 3.35. The van der Waals surface area contributed by atoms with Gasteiger partial charge in [0.15, 0.2) is 22.1 Å². The van der Waals surface area contributed by atoms with Crippen LogP contribution in [0.3, 0.4) is 0 Å². The van der Waals surface area contributed by atoms with Gasteiger partial charge in [-0.1, -0.05) is 23.8 Å². The summed E-state index contributed by atoms with van der Waals surface area (Å²) in [6, 6.07) is 13.4. The Morgan fingerprint density at radius 3 is 3.00 bits per heavy atom. The van der Waals surface area contributed by atoms with Crippen LogP contribution in [-0.2, 0) is 11.3 Å². The van der Waals surface area contributed by atoms with E-state index >= 15 is 0 Å². The van der Waals surface area contributed by atoms with Crippen molar-refractivity contribution < 1.29 is 19.0 Å². The molecule has 0 atom stereocenters. The van der Waals surface area contributed by atoms with Crippen LogP contribution in [0.5, 0.6) is 17.2 Å².